The molecule has 0 aromatic heterocycles. The van der Waals surface area contributed by atoms with E-state index >= 15 is 0 Å². The lowest BCUT2D eigenvalue weighted by Crippen LogP contribution is -2.61. The molecule has 1 saturated heterocycles. The summed E-state index contributed by atoms with van der Waals surface area (Å²) in [5.41, 5.74) is -1.23. The number of amides is 2. The molecule has 0 bridgehead atoms. The summed E-state index contributed by atoms with van der Waals surface area (Å²) in [4.78, 5) is 25.7. The average Bonchev–Trinajstić information content (AvgIpc) is 2.48. The van der Waals surface area contributed by atoms with Crippen molar-refractivity contribution in [3.63, 3.8) is 0 Å². The second-order valence-corrected chi connectivity index (χ2v) is 5.37. The summed E-state index contributed by atoms with van der Waals surface area (Å²) in [5, 5.41) is 12.2. The summed E-state index contributed by atoms with van der Waals surface area (Å²) in [7, 11) is 1.57. The van der Waals surface area contributed by atoms with E-state index in [0.717, 1.165) is 6.42 Å². The highest BCUT2D eigenvalue weighted by molar-refractivity contribution is 5.86. The van der Waals surface area contributed by atoms with Gasteiger partial charge in [0.2, 0.25) is 0 Å². The van der Waals surface area contributed by atoms with Crippen molar-refractivity contribution in [2.45, 2.75) is 44.7 Å². The molecular weight excluding hydrogens is 276 g/mol. The molecule has 1 rings (SSSR count). The van der Waals surface area contributed by atoms with Crippen LogP contribution in [0.4, 0.5) is 4.79 Å². The van der Waals surface area contributed by atoms with Crippen LogP contribution in [0, 0.1) is 0 Å². The van der Waals surface area contributed by atoms with Gasteiger partial charge in [0.05, 0.1) is 6.61 Å². The van der Waals surface area contributed by atoms with E-state index in [1.54, 1.807) is 12.0 Å². The Morgan fingerprint density at radius 3 is 2.52 bits per heavy atom. The van der Waals surface area contributed by atoms with Gasteiger partial charge in [0.1, 0.15) is 5.54 Å². The quantitative estimate of drug-likeness (QED) is 0.734. The zero-order valence-corrected chi connectivity index (χ0v) is 13.1. The molecule has 0 radical (unpaired) electrons. The predicted octanol–water partition coefficient (Wildman–Crippen LogP) is 1.08. The van der Waals surface area contributed by atoms with Crippen LogP contribution in [0.15, 0.2) is 0 Å². The first kappa shape index (κ1) is 17.7. The molecule has 0 aromatic rings. The minimum absolute atomic E-state index is 0.0193. The lowest BCUT2D eigenvalue weighted by atomic mass is 9.90. The highest BCUT2D eigenvalue weighted by Crippen LogP contribution is 2.22. The monoisotopic (exact) mass is 302 g/mol. The van der Waals surface area contributed by atoms with Crippen LogP contribution in [0.5, 0.6) is 0 Å². The number of urea groups is 1. The van der Waals surface area contributed by atoms with Gasteiger partial charge in [0, 0.05) is 45.8 Å². The van der Waals surface area contributed by atoms with E-state index in [-0.39, 0.29) is 24.9 Å². The van der Waals surface area contributed by atoms with Gasteiger partial charge in [-0.05, 0) is 13.3 Å². The Balaban J connectivity index is 2.79. The molecule has 1 unspecified atom stereocenters. The minimum Gasteiger partial charge on any atom is -0.480 e. The lowest BCUT2D eigenvalue weighted by molar-refractivity contribution is -0.148. The van der Waals surface area contributed by atoms with Crippen molar-refractivity contribution >= 4 is 12.0 Å². The number of aliphatic carboxylic acids is 1. The third-order valence-electron chi connectivity index (χ3n) is 4.02. The zero-order valence-electron chi connectivity index (χ0n) is 13.1. The number of carboxylic acid groups (broad SMARTS) is 1. The molecule has 1 aliphatic rings. The summed E-state index contributed by atoms with van der Waals surface area (Å²) < 4.78 is 10.2. The molecule has 0 saturated carbocycles. The van der Waals surface area contributed by atoms with Gasteiger partial charge in [-0.2, -0.15) is 0 Å². The van der Waals surface area contributed by atoms with E-state index in [0.29, 0.717) is 26.4 Å². The van der Waals surface area contributed by atoms with Gasteiger partial charge >= 0.3 is 12.0 Å². The number of methoxy groups -OCH3 is 1. The molecule has 2 N–H and O–H groups in total. The number of nitrogens with one attached hydrogen (secondary N) is 1. The fourth-order valence-electron chi connectivity index (χ4n) is 2.32. The van der Waals surface area contributed by atoms with Crippen LogP contribution >= 0.6 is 0 Å². The highest BCUT2D eigenvalue weighted by atomic mass is 16.5. The van der Waals surface area contributed by atoms with Crippen molar-refractivity contribution in [1.82, 2.24) is 10.2 Å². The summed E-state index contributed by atoms with van der Waals surface area (Å²) in [6, 6.07) is -0.337. The number of rotatable bonds is 7. The van der Waals surface area contributed by atoms with Crippen LogP contribution in [-0.4, -0.2) is 67.1 Å². The summed E-state index contributed by atoms with van der Waals surface area (Å²) in [5.74, 6) is -1.00. The molecule has 21 heavy (non-hydrogen) atoms. The Labute approximate surface area is 125 Å². The van der Waals surface area contributed by atoms with Gasteiger partial charge in [-0.1, -0.05) is 6.92 Å². The summed E-state index contributed by atoms with van der Waals surface area (Å²) >= 11 is 0. The van der Waals surface area contributed by atoms with Crippen molar-refractivity contribution in [3.8, 4) is 0 Å². The van der Waals surface area contributed by atoms with Gasteiger partial charge in [0.15, 0.2) is 0 Å². The van der Waals surface area contributed by atoms with Crippen LogP contribution in [0.3, 0.4) is 0 Å². The highest BCUT2D eigenvalue weighted by Gasteiger charge is 2.42. The Hall–Kier alpha value is -1.34. The van der Waals surface area contributed by atoms with Crippen molar-refractivity contribution in [3.05, 3.63) is 0 Å². The van der Waals surface area contributed by atoms with E-state index in [9.17, 15) is 14.7 Å². The van der Waals surface area contributed by atoms with Gasteiger partial charge < -0.3 is 24.8 Å². The van der Waals surface area contributed by atoms with Crippen molar-refractivity contribution < 1.29 is 24.2 Å². The Bertz CT molecular complexity index is 355. The molecule has 7 heteroatoms. The lowest BCUT2D eigenvalue weighted by Gasteiger charge is -2.37. The number of carbonyl (C=O) groups is 2. The van der Waals surface area contributed by atoms with E-state index in [1.165, 1.54) is 0 Å². The fraction of sp³-hybridized carbons (Fsp3) is 0.857. The van der Waals surface area contributed by atoms with Crippen molar-refractivity contribution in [1.29, 1.82) is 0 Å². The van der Waals surface area contributed by atoms with Gasteiger partial charge in [0.25, 0.3) is 0 Å². The number of hydrogen-bond donors (Lipinski definition) is 2. The van der Waals surface area contributed by atoms with Crippen molar-refractivity contribution in [2.75, 3.05) is 33.5 Å². The third kappa shape index (κ3) is 4.57. The molecule has 1 fully saturated rings. The molecule has 0 aromatic carbocycles. The largest absolute Gasteiger partial charge is 0.480 e. The molecule has 122 valence electrons. The molecular formula is C14H26N2O5. The van der Waals surface area contributed by atoms with Gasteiger partial charge in [-0.3, -0.25) is 0 Å². The third-order valence-corrected chi connectivity index (χ3v) is 4.02. The van der Waals surface area contributed by atoms with Crippen LogP contribution in [0.1, 0.15) is 33.1 Å². The molecule has 0 aliphatic carbocycles. The predicted molar refractivity (Wildman–Crippen MR) is 77.3 cm³/mol. The summed E-state index contributed by atoms with van der Waals surface area (Å²) in [6.07, 6.45) is 1.36. The average molecular weight is 302 g/mol. The Morgan fingerprint density at radius 2 is 2.05 bits per heavy atom. The van der Waals surface area contributed by atoms with E-state index in [2.05, 4.69) is 5.32 Å². The Kier molecular flexibility index (Phi) is 6.91. The SMILES string of the molecule is CCC(C)N(CCOC)C(=O)NC1(C(=O)O)CCOCC1. The molecule has 1 heterocycles. The summed E-state index contributed by atoms with van der Waals surface area (Å²) in [6.45, 7) is 5.46. The molecule has 1 atom stereocenters. The van der Waals surface area contributed by atoms with E-state index < -0.39 is 11.5 Å². The first-order chi connectivity index (χ1) is 9.96. The van der Waals surface area contributed by atoms with Crippen LogP contribution < -0.4 is 5.32 Å². The van der Waals surface area contributed by atoms with Crippen LogP contribution in [0.2, 0.25) is 0 Å². The fourth-order valence-corrected chi connectivity index (χ4v) is 2.32. The van der Waals surface area contributed by atoms with Crippen molar-refractivity contribution in [2.24, 2.45) is 0 Å². The van der Waals surface area contributed by atoms with E-state index in [4.69, 9.17) is 9.47 Å². The van der Waals surface area contributed by atoms with Crippen LogP contribution in [-0.2, 0) is 14.3 Å². The zero-order chi connectivity index (χ0) is 15.9. The normalized spacial score (nSPS) is 18.8. The maximum absolute atomic E-state index is 12.5. The number of nitrogens with zero attached hydrogens (tertiary/aromatic N) is 1. The smallest absolute Gasteiger partial charge is 0.329 e. The number of hydrogen-bond acceptors (Lipinski definition) is 4. The van der Waals surface area contributed by atoms with E-state index in [1.807, 2.05) is 13.8 Å². The number of carboxylic acids is 1. The van der Waals surface area contributed by atoms with Gasteiger partial charge in [-0.25, -0.2) is 9.59 Å². The number of carbonyl (C=O) groups excluding carboxylic acids is 1. The molecule has 2 amide bonds. The van der Waals surface area contributed by atoms with Gasteiger partial charge in [-0.15, -0.1) is 0 Å². The minimum atomic E-state index is -1.23. The Morgan fingerprint density at radius 1 is 1.43 bits per heavy atom. The topological polar surface area (TPSA) is 88.1 Å². The maximum Gasteiger partial charge on any atom is 0.329 e. The second-order valence-electron chi connectivity index (χ2n) is 5.37. The molecule has 1 aliphatic heterocycles. The second kappa shape index (κ2) is 8.19. The standard InChI is InChI=1S/C14H26N2O5/c1-4-11(2)16(7-10-20-3)13(19)15-14(12(17)18)5-8-21-9-6-14/h11H,4-10H2,1-3H3,(H,15,19)(H,17,18). The number of ether oxygens (including phenoxy) is 2. The first-order valence-electron chi connectivity index (χ1n) is 7.35. The van der Waals surface area contributed by atoms with Crippen LogP contribution in [0.25, 0.3) is 0 Å². The molecule has 7 nitrogen and oxygen atoms in total. The maximum atomic E-state index is 12.5. The first-order valence-corrected chi connectivity index (χ1v) is 7.35. The molecule has 0 spiro atoms.